The van der Waals surface area contributed by atoms with Crippen LogP contribution in [-0.2, 0) is 10.1 Å². The molecular formula is C15H14Cl2O3S. The molecule has 6 heteroatoms. The van der Waals surface area contributed by atoms with E-state index in [4.69, 9.17) is 27.4 Å². The van der Waals surface area contributed by atoms with Crippen molar-refractivity contribution in [3.8, 4) is 5.75 Å². The molecule has 2 aromatic carbocycles. The van der Waals surface area contributed by atoms with Gasteiger partial charge in [0.05, 0.1) is 10.0 Å². The number of para-hydroxylation sites is 1. The van der Waals surface area contributed by atoms with Crippen molar-refractivity contribution in [2.75, 3.05) is 0 Å². The summed E-state index contributed by atoms with van der Waals surface area (Å²) < 4.78 is 30.2. The first-order valence-corrected chi connectivity index (χ1v) is 8.35. The predicted molar refractivity (Wildman–Crippen MR) is 84.9 cm³/mol. The van der Waals surface area contributed by atoms with Gasteiger partial charge in [-0.1, -0.05) is 47.0 Å². The van der Waals surface area contributed by atoms with Crippen LogP contribution in [0.1, 0.15) is 16.7 Å². The van der Waals surface area contributed by atoms with E-state index in [1.165, 1.54) is 12.1 Å². The van der Waals surface area contributed by atoms with Crippen molar-refractivity contribution in [1.29, 1.82) is 0 Å². The summed E-state index contributed by atoms with van der Waals surface area (Å²) in [7, 11) is -4.01. The summed E-state index contributed by atoms with van der Waals surface area (Å²) in [5, 5.41) is 0.294. The Labute approximate surface area is 134 Å². The number of benzene rings is 2. The first-order chi connectivity index (χ1) is 9.72. The van der Waals surface area contributed by atoms with E-state index in [-0.39, 0.29) is 20.7 Å². The van der Waals surface area contributed by atoms with Crippen LogP contribution in [0.2, 0.25) is 10.0 Å². The van der Waals surface area contributed by atoms with Crippen molar-refractivity contribution in [3.63, 3.8) is 0 Å². The highest BCUT2D eigenvalue weighted by Gasteiger charge is 2.24. The van der Waals surface area contributed by atoms with Crippen molar-refractivity contribution < 1.29 is 12.6 Å². The Kier molecular flexibility index (Phi) is 4.51. The smallest absolute Gasteiger partial charge is 0.339 e. The number of hydrogen-bond acceptors (Lipinski definition) is 3. The van der Waals surface area contributed by atoms with E-state index in [2.05, 4.69) is 0 Å². The minimum Gasteiger partial charge on any atom is -0.376 e. The minimum atomic E-state index is -4.01. The molecular weight excluding hydrogens is 331 g/mol. The molecule has 0 heterocycles. The Morgan fingerprint density at radius 3 is 1.90 bits per heavy atom. The quantitative estimate of drug-likeness (QED) is 0.758. The second kappa shape index (κ2) is 5.87. The number of halogens is 2. The molecule has 3 nitrogen and oxygen atoms in total. The molecule has 0 atom stereocenters. The summed E-state index contributed by atoms with van der Waals surface area (Å²) in [6, 6.07) is 8.24. The zero-order valence-corrected chi connectivity index (χ0v) is 14.1. The molecule has 0 fully saturated rings. The van der Waals surface area contributed by atoms with Crippen LogP contribution in [0.25, 0.3) is 0 Å². The molecule has 21 heavy (non-hydrogen) atoms. The normalized spacial score (nSPS) is 11.5. The van der Waals surface area contributed by atoms with Crippen molar-refractivity contribution in [2.24, 2.45) is 0 Å². The standard InChI is InChI=1S/C15H14Cl2O3S/c1-9-7-10(2)15(11(3)8-9)21(18,19)20-14-12(16)5-4-6-13(14)17/h4-8H,1-3H3. The Bertz CT molecular complexity index is 755. The number of hydrogen-bond donors (Lipinski definition) is 0. The van der Waals surface area contributed by atoms with Gasteiger partial charge >= 0.3 is 10.1 Å². The predicted octanol–water partition coefficient (Wildman–Crippen LogP) is 4.69. The molecule has 0 N–H and O–H groups in total. The lowest BCUT2D eigenvalue weighted by Gasteiger charge is -2.14. The molecule has 0 aliphatic heterocycles. The molecule has 2 rings (SSSR count). The summed E-state index contributed by atoms with van der Waals surface area (Å²) in [6.07, 6.45) is 0. The lowest BCUT2D eigenvalue weighted by Crippen LogP contribution is -2.13. The van der Waals surface area contributed by atoms with Gasteiger partial charge in [-0.05, 0) is 44.0 Å². The van der Waals surface area contributed by atoms with Crippen molar-refractivity contribution in [1.82, 2.24) is 0 Å². The summed E-state index contributed by atoms with van der Waals surface area (Å²) in [4.78, 5) is 0.143. The highest BCUT2D eigenvalue weighted by Crippen LogP contribution is 2.35. The van der Waals surface area contributed by atoms with Crippen molar-refractivity contribution in [2.45, 2.75) is 25.7 Å². The van der Waals surface area contributed by atoms with Crippen LogP contribution in [0.5, 0.6) is 5.75 Å². The van der Waals surface area contributed by atoms with E-state index >= 15 is 0 Å². The molecule has 0 saturated carbocycles. The highest BCUT2D eigenvalue weighted by molar-refractivity contribution is 7.87. The zero-order valence-electron chi connectivity index (χ0n) is 11.8. The van der Waals surface area contributed by atoms with E-state index in [1.54, 1.807) is 32.0 Å². The van der Waals surface area contributed by atoms with Crippen molar-refractivity contribution >= 4 is 33.3 Å². The fourth-order valence-electron chi connectivity index (χ4n) is 2.27. The SMILES string of the molecule is Cc1cc(C)c(S(=O)(=O)Oc2c(Cl)cccc2Cl)c(C)c1. The second-order valence-corrected chi connectivity index (χ2v) is 7.11. The maximum absolute atomic E-state index is 12.5. The van der Waals surface area contributed by atoms with E-state index in [0.29, 0.717) is 11.1 Å². The lowest BCUT2D eigenvalue weighted by molar-refractivity contribution is 0.485. The average molecular weight is 345 g/mol. The third kappa shape index (κ3) is 3.34. The highest BCUT2D eigenvalue weighted by atomic mass is 35.5. The van der Waals surface area contributed by atoms with Crippen LogP contribution >= 0.6 is 23.2 Å². The Morgan fingerprint density at radius 2 is 1.43 bits per heavy atom. The molecule has 0 amide bonds. The van der Waals surface area contributed by atoms with Crippen LogP contribution in [0.3, 0.4) is 0 Å². The fourth-order valence-corrected chi connectivity index (χ4v) is 4.23. The van der Waals surface area contributed by atoms with Gasteiger partial charge in [-0.3, -0.25) is 0 Å². The first-order valence-electron chi connectivity index (χ1n) is 6.18. The Morgan fingerprint density at radius 1 is 0.952 bits per heavy atom. The van der Waals surface area contributed by atoms with Crippen LogP contribution in [-0.4, -0.2) is 8.42 Å². The molecule has 0 radical (unpaired) electrons. The van der Waals surface area contributed by atoms with Crippen molar-refractivity contribution in [3.05, 3.63) is 57.1 Å². The first kappa shape index (κ1) is 16.1. The molecule has 2 aromatic rings. The molecule has 0 aliphatic carbocycles. The lowest BCUT2D eigenvalue weighted by atomic mass is 10.1. The molecule has 0 spiro atoms. The van der Waals surface area contributed by atoms with Crippen LogP contribution in [0.4, 0.5) is 0 Å². The van der Waals surface area contributed by atoms with Gasteiger partial charge in [0.2, 0.25) is 0 Å². The minimum absolute atomic E-state index is 0.0554. The number of aryl methyl sites for hydroxylation is 3. The Hall–Kier alpha value is -1.23. The summed E-state index contributed by atoms with van der Waals surface area (Å²) in [6.45, 7) is 5.36. The largest absolute Gasteiger partial charge is 0.376 e. The van der Waals surface area contributed by atoms with E-state index < -0.39 is 10.1 Å². The van der Waals surface area contributed by atoms with E-state index in [9.17, 15) is 8.42 Å². The van der Waals surface area contributed by atoms with Gasteiger partial charge in [-0.15, -0.1) is 0 Å². The monoisotopic (exact) mass is 344 g/mol. The van der Waals surface area contributed by atoms with Gasteiger partial charge in [0.15, 0.2) is 5.75 Å². The number of rotatable bonds is 3. The third-order valence-corrected chi connectivity index (χ3v) is 5.09. The van der Waals surface area contributed by atoms with Gasteiger partial charge in [0.25, 0.3) is 0 Å². The maximum Gasteiger partial charge on any atom is 0.339 e. The molecule has 0 aromatic heterocycles. The van der Waals surface area contributed by atoms with Gasteiger partial charge < -0.3 is 4.18 Å². The molecule has 0 aliphatic rings. The van der Waals surface area contributed by atoms with E-state index in [0.717, 1.165) is 5.56 Å². The van der Waals surface area contributed by atoms with Crippen LogP contribution in [0, 0.1) is 20.8 Å². The molecule has 0 unspecified atom stereocenters. The van der Waals surface area contributed by atoms with Crippen LogP contribution in [0.15, 0.2) is 35.2 Å². The summed E-state index contributed by atoms with van der Waals surface area (Å²) in [5.74, 6) is -0.0554. The Balaban J connectivity index is 2.54. The van der Waals surface area contributed by atoms with Gasteiger partial charge in [0, 0.05) is 0 Å². The van der Waals surface area contributed by atoms with Gasteiger partial charge in [-0.2, -0.15) is 8.42 Å². The summed E-state index contributed by atoms with van der Waals surface area (Å²) in [5.41, 5.74) is 2.23. The maximum atomic E-state index is 12.5. The fraction of sp³-hybridized carbons (Fsp3) is 0.200. The summed E-state index contributed by atoms with van der Waals surface area (Å²) >= 11 is 11.9. The van der Waals surface area contributed by atoms with E-state index in [1.807, 2.05) is 6.92 Å². The topological polar surface area (TPSA) is 43.4 Å². The molecule has 0 saturated heterocycles. The zero-order chi connectivity index (χ0) is 15.8. The third-order valence-electron chi connectivity index (χ3n) is 2.97. The van der Waals surface area contributed by atoms with Gasteiger partial charge in [0.1, 0.15) is 4.90 Å². The van der Waals surface area contributed by atoms with Gasteiger partial charge in [-0.25, -0.2) is 0 Å². The molecule has 0 bridgehead atoms. The average Bonchev–Trinajstić information content (AvgIpc) is 2.32. The molecule has 112 valence electrons. The second-order valence-electron chi connectivity index (χ2n) is 4.82. The van der Waals surface area contributed by atoms with Crippen LogP contribution < -0.4 is 4.18 Å².